The highest BCUT2D eigenvalue weighted by molar-refractivity contribution is 5.98. The van der Waals surface area contributed by atoms with E-state index in [9.17, 15) is 4.79 Å². The topological polar surface area (TPSA) is 103 Å². The lowest BCUT2D eigenvalue weighted by molar-refractivity contribution is -0.0285. The van der Waals surface area contributed by atoms with E-state index in [2.05, 4.69) is 20.8 Å². The predicted molar refractivity (Wildman–Crippen MR) is 105 cm³/mol. The van der Waals surface area contributed by atoms with Crippen LogP contribution in [0.2, 0.25) is 0 Å². The van der Waals surface area contributed by atoms with Gasteiger partial charge in [0.25, 0.3) is 5.91 Å². The van der Waals surface area contributed by atoms with Crippen LogP contribution in [0.25, 0.3) is 11.3 Å². The molecular weight excluding hydrogens is 372 g/mol. The monoisotopic (exact) mass is 392 g/mol. The summed E-state index contributed by atoms with van der Waals surface area (Å²) in [6, 6.07) is 7.90. The molecule has 0 bridgehead atoms. The first-order valence-electron chi connectivity index (χ1n) is 9.39. The van der Waals surface area contributed by atoms with Crippen molar-refractivity contribution < 1.29 is 14.3 Å². The van der Waals surface area contributed by atoms with Gasteiger partial charge >= 0.3 is 0 Å². The van der Waals surface area contributed by atoms with Gasteiger partial charge in [0.2, 0.25) is 0 Å². The van der Waals surface area contributed by atoms with Gasteiger partial charge in [-0.1, -0.05) is 6.07 Å². The molecule has 0 saturated carbocycles. The number of amides is 1. The number of para-hydroxylation sites is 1. The summed E-state index contributed by atoms with van der Waals surface area (Å²) in [5, 5.41) is 18.7. The van der Waals surface area contributed by atoms with Crippen LogP contribution in [0.4, 0.5) is 11.4 Å². The molecule has 2 aliphatic rings. The maximum absolute atomic E-state index is 12.2. The molecule has 2 aliphatic heterocycles. The number of aromatic nitrogens is 4. The average molecular weight is 392 g/mol. The van der Waals surface area contributed by atoms with Gasteiger partial charge in [-0.2, -0.15) is 10.2 Å². The Morgan fingerprint density at radius 3 is 2.86 bits per heavy atom. The molecule has 1 saturated heterocycles. The molecule has 3 aromatic rings. The molecule has 9 nitrogen and oxygen atoms in total. The molecule has 29 heavy (non-hydrogen) atoms. The van der Waals surface area contributed by atoms with Crippen LogP contribution in [0, 0.1) is 6.92 Å². The largest absolute Gasteiger partial charge is 0.486 e. The van der Waals surface area contributed by atoms with Crippen LogP contribution in [0.15, 0.2) is 30.5 Å². The Labute approximate surface area is 167 Å². The molecule has 0 aliphatic carbocycles. The van der Waals surface area contributed by atoms with Gasteiger partial charge in [0, 0.05) is 24.4 Å². The van der Waals surface area contributed by atoms with Gasteiger partial charge in [0.15, 0.2) is 11.4 Å². The first-order chi connectivity index (χ1) is 14.1. The normalized spacial score (nSPS) is 15.0. The Bertz CT molecular complexity index is 1110. The number of benzene rings is 1. The zero-order valence-corrected chi connectivity index (χ0v) is 16.1. The van der Waals surface area contributed by atoms with Gasteiger partial charge in [-0.25, -0.2) is 0 Å². The van der Waals surface area contributed by atoms with E-state index < -0.39 is 0 Å². The summed E-state index contributed by atoms with van der Waals surface area (Å²) >= 11 is 0. The molecule has 1 aromatic carbocycles. The van der Waals surface area contributed by atoms with Crippen LogP contribution in [-0.2, 0) is 11.3 Å². The fourth-order valence-electron chi connectivity index (χ4n) is 3.47. The molecular formula is C20H20N6O3. The molecule has 5 rings (SSSR count). The van der Waals surface area contributed by atoms with Gasteiger partial charge < -0.3 is 20.1 Å². The maximum atomic E-state index is 12.2. The van der Waals surface area contributed by atoms with Crippen LogP contribution in [0.5, 0.6) is 5.75 Å². The van der Waals surface area contributed by atoms with Crippen LogP contribution in [0.1, 0.15) is 27.8 Å². The fourth-order valence-corrected chi connectivity index (χ4v) is 3.47. The second kappa shape index (κ2) is 6.85. The third-order valence-electron chi connectivity index (χ3n) is 5.07. The number of carbonyl (C=O) groups is 1. The Morgan fingerprint density at radius 1 is 1.24 bits per heavy atom. The van der Waals surface area contributed by atoms with E-state index in [-0.39, 0.29) is 17.6 Å². The molecule has 0 radical (unpaired) electrons. The summed E-state index contributed by atoms with van der Waals surface area (Å²) in [5.41, 5.74) is 5.11. The highest BCUT2D eigenvalue weighted by Crippen LogP contribution is 2.43. The van der Waals surface area contributed by atoms with E-state index in [1.54, 1.807) is 13.1 Å². The van der Waals surface area contributed by atoms with Crippen molar-refractivity contribution in [1.29, 1.82) is 0 Å². The number of nitrogens with one attached hydrogen (secondary N) is 2. The standard InChI is InChI=1S/C20H20N6O3/c1-11-6-16(18(24-23-11)20(27)21-2)22-15-5-3-4-14-17-12(8-29-19(14)15)7-26(25-17)13-9-28-10-13/h3-7,13H,8-10H2,1-2H3,(H,21,27)(H,22,23). The summed E-state index contributed by atoms with van der Waals surface area (Å²) in [4.78, 5) is 12.2. The number of fused-ring (bicyclic) bond motifs is 3. The van der Waals surface area contributed by atoms with Crippen molar-refractivity contribution in [2.45, 2.75) is 19.6 Å². The number of hydrogen-bond donors (Lipinski definition) is 2. The Kier molecular flexibility index (Phi) is 4.17. The number of ether oxygens (including phenoxy) is 2. The van der Waals surface area contributed by atoms with Crippen molar-refractivity contribution in [1.82, 2.24) is 25.3 Å². The van der Waals surface area contributed by atoms with Crippen molar-refractivity contribution in [2.24, 2.45) is 0 Å². The molecule has 0 spiro atoms. The van der Waals surface area contributed by atoms with Crippen molar-refractivity contribution in [2.75, 3.05) is 25.6 Å². The number of rotatable bonds is 4. The first-order valence-corrected chi connectivity index (χ1v) is 9.39. The number of nitrogens with zero attached hydrogens (tertiary/aromatic N) is 4. The molecule has 2 aromatic heterocycles. The average Bonchev–Trinajstić information content (AvgIpc) is 3.10. The van der Waals surface area contributed by atoms with Crippen molar-refractivity contribution in [3.63, 3.8) is 0 Å². The Morgan fingerprint density at radius 2 is 2.10 bits per heavy atom. The highest BCUT2D eigenvalue weighted by atomic mass is 16.5. The summed E-state index contributed by atoms with van der Waals surface area (Å²) < 4.78 is 13.3. The van der Waals surface area contributed by atoms with E-state index in [0.29, 0.717) is 37.0 Å². The van der Waals surface area contributed by atoms with Crippen LogP contribution in [0.3, 0.4) is 0 Å². The second-order valence-electron chi connectivity index (χ2n) is 7.10. The predicted octanol–water partition coefficient (Wildman–Crippen LogP) is 2.22. The second-order valence-corrected chi connectivity index (χ2v) is 7.10. The van der Waals surface area contributed by atoms with E-state index in [4.69, 9.17) is 14.6 Å². The quantitative estimate of drug-likeness (QED) is 0.702. The number of hydrogen-bond acceptors (Lipinski definition) is 7. The van der Waals surface area contributed by atoms with Gasteiger partial charge in [-0.3, -0.25) is 9.48 Å². The molecule has 4 heterocycles. The summed E-state index contributed by atoms with van der Waals surface area (Å²) in [6.45, 7) is 3.63. The zero-order chi connectivity index (χ0) is 20.0. The lowest BCUT2D eigenvalue weighted by Gasteiger charge is -2.25. The summed E-state index contributed by atoms with van der Waals surface area (Å²) in [5.74, 6) is 0.391. The van der Waals surface area contributed by atoms with Crippen LogP contribution in [-0.4, -0.2) is 46.1 Å². The summed E-state index contributed by atoms with van der Waals surface area (Å²) in [6.07, 6.45) is 2.03. The highest BCUT2D eigenvalue weighted by Gasteiger charge is 2.28. The summed E-state index contributed by atoms with van der Waals surface area (Å²) in [7, 11) is 1.56. The number of carbonyl (C=O) groups excluding carboxylic acids is 1. The SMILES string of the molecule is CNC(=O)c1nnc(C)cc1Nc1cccc2c1OCc1cn(C3COC3)nc1-2. The number of anilines is 2. The van der Waals surface area contributed by atoms with Gasteiger partial charge in [-0.15, -0.1) is 5.10 Å². The van der Waals surface area contributed by atoms with Gasteiger partial charge in [0.1, 0.15) is 12.3 Å². The Hall–Kier alpha value is -3.46. The lowest BCUT2D eigenvalue weighted by Crippen LogP contribution is -2.30. The molecule has 0 atom stereocenters. The van der Waals surface area contributed by atoms with E-state index in [1.165, 1.54) is 0 Å². The van der Waals surface area contributed by atoms with Gasteiger partial charge in [0.05, 0.1) is 36.3 Å². The molecule has 0 unspecified atom stereocenters. The molecule has 148 valence electrons. The third-order valence-corrected chi connectivity index (χ3v) is 5.07. The lowest BCUT2D eigenvalue weighted by atomic mass is 10.0. The van der Waals surface area contributed by atoms with Crippen LogP contribution < -0.4 is 15.4 Å². The number of aryl methyl sites for hydroxylation is 1. The molecule has 1 amide bonds. The van der Waals surface area contributed by atoms with E-state index >= 15 is 0 Å². The first kappa shape index (κ1) is 17.6. The van der Waals surface area contributed by atoms with Crippen molar-refractivity contribution in [3.05, 3.63) is 47.4 Å². The van der Waals surface area contributed by atoms with Crippen molar-refractivity contribution in [3.8, 4) is 17.0 Å². The van der Waals surface area contributed by atoms with E-state index in [1.807, 2.05) is 36.0 Å². The van der Waals surface area contributed by atoms with Crippen molar-refractivity contribution >= 4 is 17.3 Å². The minimum absolute atomic E-state index is 0.224. The zero-order valence-electron chi connectivity index (χ0n) is 16.1. The third kappa shape index (κ3) is 2.99. The van der Waals surface area contributed by atoms with E-state index in [0.717, 1.165) is 22.5 Å². The molecule has 2 N–H and O–H groups in total. The Balaban J connectivity index is 1.53. The maximum Gasteiger partial charge on any atom is 0.273 e. The minimum Gasteiger partial charge on any atom is -0.486 e. The minimum atomic E-state index is -0.311. The van der Waals surface area contributed by atoms with Crippen LogP contribution >= 0.6 is 0 Å². The fraction of sp³-hybridized carbons (Fsp3) is 0.300. The van der Waals surface area contributed by atoms with Gasteiger partial charge in [-0.05, 0) is 25.1 Å². The smallest absolute Gasteiger partial charge is 0.273 e. The molecule has 9 heteroatoms. The molecule has 1 fully saturated rings.